The highest BCUT2D eigenvalue weighted by Gasteiger charge is 2.29. The molecule has 1 unspecified atom stereocenters. The third kappa shape index (κ3) is 2.69. The molecule has 6 heteroatoms. The summed E-state index contributed by atoms with van der Waals surface area (Å²) in [5, 5.41) is 5.32. The predicted octanol–water partition coefficient (Wildman–Crippen LogP) is 0.232. The first-order valence-corrected chi connectivity index (χ1v) is 6.36. The fraction of sp³-hybridized carbons (Fsp3) is 0.750. The maximum atomic E-state index is 12.3. The van der Waals surface area contributed by atoms with Gasteiger partial charge in [-0.25, -0.2) is 5.01 Å². The molecule has 2 heterocycles. The molecule has 2 rings (SSSR count). The van der Waals surface area contributed by atoms with Crippen LogP contribution in [0.5, 0.6) is 0 Å². The van der Waals surface area contributed by atoms with Crippen LogP contribution in [0.4, 0.5) is 0 Å². The second-order valence-corrected chi connectivity index (χ2v) is 4.62. The molecule has 2 aliphatic rings. The summed E-state index contributed by atoms with van der Waals surface area (Å²) < 4.78 is 5.53. The van der Waals surface area contributed by atoms with Gasteiger partial charge in [0.1, 0.15) is 5.71 Å². The van der Waals surface area contributed by atoms with E-state index in [2.05, 4.69) is 5.10 Å². The van der Waals surface area contributed by atoms with E-state index < -0.39 is 0 Å². The van der Waals surface area contributed by atoms with Crippen LogP contribution in [0.15, 0.2) is 5.10 Å². The number of ether oxygens (including phenoxy) is 1. The molecule has 1 fully saturated rings. The molecular formula is C12H19N3O3. The number of hydrazone groups is 1. The first-order chi connectivity index (χ1) is 8.61. The van der Waals surface area contributed by atoms with Crippen LogP contribution in [0.2, 0.25) is 0 Å². The summed E-state index contributed by atoms with van der Waals surface area (Å²) in [5.41, 5.74) is 0.480. The van der Waals surface area contributed by atoms with E-state index in [4.69, 9.17) is 4.74 Å². The minimum absolute atomic E-state index is 0.0417. The van der Waals surface area contributed by atoms with Gasteiger partial charge >= 0.3 is 0 Å². The van der Waals surface area contributed by atoms with E-state index in [-0.39, 0.29) is 17.9 Å². The van der Waals surface area contributed by atoms with Crippen molar-refractivity contribution in [2.75, 3.05) is 26.7 Å². The molecule has 0 bridgehead atoms. The van der Waals surface area contributed by atoms with Gasteiger partial charge in [0.05, 0.1) is 12.7 Å². The molecule has 0 aliphatic carbocycles. The molecule has 2 aliphatic heterocycles. The van der Waals surface area contributed by atoms with Crippen LogP contribution in [-0.2, 0) is 14.3 Å². The second-order valence-electron chi connectivity index (χ2n) is 4.62. The molecule has 6 nitrogen and oxygen atoms in total. The molecule has 0 radical (unpaired) electrons. The normalized spacial score (nSPS) is 25.1. The maximum Gasteiger partial charge on any atom is 0.270 e. The molecule has 100 valence electrons. The summed E-state index contributed by atoms with van der Waals surface area (Å²) >= 11 is 0. The molecule has 18 heavy (non-hydrogen) atoms. The number of carbonyl (C=O) groups excluding carboxylic acids is 2. The molecule has 0 aromatic rings. The molecular weight excluding hydrogens is 234 g/mol. The minimum atomic E-state index is -0.0592. The Morgan fingerprint density at radius 3 is 2.94 bits per heavy atom. The SMILES string of the molecule is CCC1CN(C(=O)C2=NN(C)C(=O)CC2)CCO1. The zero-order valence-electron chi connectivity index (χ0n) is 10.9. The molecule has 0 N–H and O–H groups in total. The van der Waals surface area contributed by atoms with Crippen LogP contribution >= 0.6 is 0 Å². The van der Waals surface area contributed by atoms with Gasteiger partial charge in [0.15, 0.2) is 0 Å². The summed E-state index contributed by atoms with van der Waals surface area (Å²) in [6.07, 6.45) is 1.82. The van der Waals surface area contributed by atoms with Crippen molar-refractivity contribution in [1.29, 1.82) is 0 Å². The summed E-state index contributed by atoms with van der Waals surface area (Å²) in [5.74, 6) is -0.101. The topological polar surface area (TPSA) is 62.2 Å². The molecule has 1 saturated heterocycles. The first kappa shape index (κ1) is 13.0. The number of morpholine rings is 1. The van der Waals surface area contributed by atoms with Gasteiger partial charge in [0.2, 0.25) is 5.91 Å². The minimum Gasteiger partial charge on any atom is -0.375 e. The Kier molecular flexibility index (Phi) is 3.96. The van der Waals surface area contributed by atoms with Crippen molar-refractivity contribution >= 4 is 17.5 Å². The summed E-state index contributed by atoms with van der Waals surface area (Å²) in [7, 11) is 1.59. The van der Waals surface area contributed by atoms with Gasteiger partial charge in [-0.15, -0.1) is 0 Å². The molecule has 2 amide bonds. The molecule has 1 atom stereocenters. The van der Waals surface area contributed by atoms with Crippen LogP contribution in [0.1, 0.15) is 26.2 Å². The lowest BCUT2D eigenvalue weighted by Gasteiger charge is -2.33. The van der Waals surface area contributed by atoms with Crippen molar-refractivity contribution in [3.05, 3.63) is 0 Å². The van der Waals surface area contributed by atoms with E-state index in [9.17, 15) is 9.59 Å². The number of nitrogens with zero attached hydrogens (tertiary/aromatic N) is 3. The van der Waals surface area contributed by atoms with Crippen LogP contribution < -0.4 is 0 Å². The largest absolute Gasteiger partial charge is 0.375 e. The zero-order chi connectivity index (χ0) is 13.1. The number of amides is 2. The van der Waals surface area contributed by atoms with Gasteiger partial charge in [0, 0.05) is 33.0 Å². The van der Waals surface area contributed by atoms with Gasteiger partial charge in [-0.05, 0) is 6.42 Å². The standard InChI is InChI=1S/C12H19N3O3/c1-3-9-8-15(6-7-18-9)12(17)10-4-5-11(16)14(2)13-10/h9H,3-8H2,1-2H3. The van der Waals surface area contributed by atoms with E-state index in [1.54, 1.807) is 11.9 Å². The molecule has 0 saturated carbocycles. The lowest BCUT2D eigenvalue weighted by Crippen LogP contribution is -2.49. The Bertz CT molecular complexity index is 381. The van der Waals surface area contributed by atoms with E-state index in [1.807, 2.05) is 6.92 Å². The van der Waals surface area contributed by atoms with Crippen molar-refractivity contribution in [3.8, 4) is 0 Å². The van der Waals surface area contributed by atoms with Gasteiger partial charge in [-0.1, -0.05) is 6.92 Å². The monoisotopic (exact) mass is 253 g/mol. The Balaban J connectivity index is 2.03. The van der Waals surface area contributed by atoms with Crippen LogP contribution in [-0.4, -0.2) is 60.3 Å². The first-order valence-electron chi connectivity index (χ1n) is 6.36. The van der Waals surface area contributed by atoms with Crippen LogP contribution in [0.3, 0.4) is 0 Å². The van der Waals surface area contributed by atoms with E-state index in [0.717, 1.165) is 6.42 Å². The van der Waals surface area contributed by atoms with Crippen molar-refractivity contribution in [2.24, 2.45) is 5.10 Å². The summed E-state index contributed by atoms with van der Waals surface area (Å²) in [6, 6.07) is 0. The van der Waals surface area contributed by atoms with Crippen molar-refractivity contribution in [1.82, 2.24) is 9.91 Å². The molecule has 0 aromatic carbocycles. The van der Waals surface area contributed by atoms with Crippen molar-refractivity contribution in [3.63, 3.8) is 0 Å². The fourth-order valence-electron chi connectivity index (χ4n) is 2.16. The van der Waals surface area contributed by atoms with Crippen molar-refractivity contribution in [2.45, 2.75) is 32.3 Å². The average Bonchev–Trinajstić information content (AvgIpc) is 2.41. The van der Waals surface area contributed by atoms with Gasteiger partial charge in [-0.2, -0.15) is 5.10 Å². The quantitative estimate of drug-likeness (QED) is 0.708. The smallest absolute Gasteiger partial charge is 0.270 e. The van der Waals surface area contributed by atoms with Crippen LogP contribution in [0.25, 0.3) is 0 Å². The Morgan fingerprint density at radius 2 is 2.28 bits per heavy atom. The Labute approximate surface area is 107 Å². The van der Waals surface area contributed by atoms with Gasteiger partial charge in [0.25, 0.3) is 5.91 Å². The number of carbonyl (C=O) groups is 2. The summed E-state index contributed by atoms with van der Waals surface area (Å²) in [4.78, 5) is 25.4. The average molecular weight is 253 g/mol. The van der Waals surface area contributed by atoms with E-state index >= 15 is 0 Å². The molecule has 0 spiro atoms. The second kappa shape index (κ2) is 5.48. The zero-order valence-corrected chi connectivity index (χ0v) is 10.9. The van der Waals surface area contributed by atoms with Crippen molar-refractivity contribution < 1.29 is 14.3 Å². The lowest BCUT2D eigenvalue weighted by atomic mass is 10.1. The fourth-order valence-corrected chi connectivity index (χ4v) is 2.16. The maximum absolute atomic E-state index is 12.3. The van der Waals surface area contributed by atoms with Crippen LogP contribution in [0, 0.1) is 0 Å². The van der Waals surface area contributed by atoms with E-state index in [0.29, 0.717) is 38.2 Å². The third-order valence-corrected chi connectivity index (χ3v) is 3.34. The predicted molar refractivity (Wildman–Crippen MR) is 66.1 cm³/mol. The Hall–Kier alpha value is -1.43. The number of hydrogen-bond acceptors (Lipinski definition) is 4. The molecule has 0 aromatic heterocycles. The number of rotatable bonds is 2. The van der Waals surface area contributed by atoms with Gasteiger partial charge < -0.3 is 9.64 Å². The van der Waals surface area contributed by atoms with Gasteiger partial charge in [-0.3, -0.25) is 9.59 Å². The lowest BCUT2D eigenvalue weighted by molar-refractivity contribution is -0.133. The summed E-state index contributed by atoms with van der Waals surface area (Å²) in [6.45, 7) is 3.84. The highest BCUT2D eigenvalue weighted by molar-refractivity contribution is 6.39. The highest BCUT2D eigenvalue weighted by atomic mass is 16.5. The highest BCUT2D eigenvalue weighted by Crippen LogP contribution is 2.13. The number of hydrogen-bond donors (Lipinski definition) is 0. The Morgan fingerprint density at radius 1 is 1.50 bits per heavy atom. The third-order valence-electron chi connectivity index (χ3n) is 3.34. The van der Waals surface area contributed by atoms with E-state index in [1.165, 1.54) is 5.01 Å².